The molecule has 0 saturated heterocycles. The highest BCUT2D eigenvalue weighted by atomic mass is 16.7. The minimum Gasteiger partial charge on any atom is -0.508 e. The van der Waals surface area contributed by atoms with Crippen molar-refractivity contribution < 1.29 is 34.7 Å². The van der Waals surface area contributed by atoms with Crippen LogP contribution in [0.2, 0.25) is 0 Å². The van der Waals surface area contributed by atoms with E-state index in [0.717, 1.165) is 66.3 Å². The van der Waals surface area contributed by atoms with Gasteiger partial charge in [0, 0.05) is 53.0 Å². The molecule has 4 N–H and O–H groups in total. The van der Waals surface area contributed by atoms with Crippen LogP contribution >= 0.6 is 0 Å². The van der Waals surface area contributed by atoms with E-state index >= 15 is 0 Å². The molecule has 0 bridgehead atoms. The third kappa shape index (κ3) is 13.4. The van der Waals surface area contributed by atoms with Crippen LogP contribution in [-0.2, 0) is 34.9 Å². The first kappa shape index (κ1) is 45.5. The molecule has 7 nitrogen and oxygen atoms in total. The molecule has 0 saturated carbocycles. The molecular formula is C48H72O7. The molecule has 2 aliphatic heterocycles. The highest BCUT2D eigenvalue weighted by Crippen LogP contribution is 2.55. The zero-order chi connectivity index (χ0) is 40.8. The van der Waals surface area contributed by atoms with E-state index in [2.05, 4.69) is 60.6 Å². The number of carbonyl (C=O) groups is 1. The lowest BCUT2D eigenvalue weighted by Gasteiger charge is -2.51. The molecular weight excluding hydrogens is 689 g/mol. The molecule has 5 rings (SSSR count). The van der Waals surface area contributed by atoms with Crippen LogP contribution in [0.1, 0.15) is 180 Å². The van der Waals surface area contributed by atoms with Crippen molar-refractivity contribution >= 4 is 5.78 Å². The van der Waals surface area contributed by atoms with Crippen LogP contribution in [0.4, 0.5) is 0 Å². The molecule has 306 valence electrons. The lowest BCUT2D eigenvalue weighted by molar-refractivity contribution is -0.166. The van der Waals surface area contributed by atoms with E-state index in [-0.39, 0.29) is 28.1 Å². The Bertz CT molecular complexity index is 1580. The summed E-state index contributed by atoms with van der Waals surface area (Å²) in [5.74, 6) is 1.69. The van der Waals surface area contributed by atoms with Gasteiger partial charge in [-0.3, -0.25) is 0 Å². The second-order valence-corrected chi connectivity index (χ2v) is 17.3. The molecule has 3 aromatic carbocycles. The maximum Gasteiger partial charge on any atom is 0.252 e. The number of benzene rings is 3. The zero-order valence-electron chi connectivity index (χ0n) is 35.6. The Labute approximate surface area is 332 Å². The molecule has 0 atom stereocenters. The van der Waals surface area contributed by atoms with E-state index in [1.54, 1.807) is 24.3 Å². The van der Waals surface area contributed by atoms with Crippen LogP contribution in [0.25, 0.3) is 0 Å². The molecule has 7 heteroatoms. The first-order valence-electron chi connectivity index (χ1n) is 21.1. The first-order chi connectivity index (χ1) is 26.0. The fraction of sp³-hybridized carbons (Fsp3) is 0.604. The number of aromatic hydroxyl groups is 4. The lowest BCUT2D eigenvalue weighted by Crippen LogP contribution is -2.55. The van der Waals surface area contributed by atoms with Gasteiger partial charge in [-0.25, -0.2) is 0 Å². The predicted molar refractivity (Wildman–Crippen MR) is 225 cm³/mol. The van der Waals surface area contributed by atoms with Crippen LogP contribution < -0.4 is 9.47 Å². The number of phenolic OH excluding ortho intramolecular Hbond substituents is 4. The molecule has 55 heavy (non-hydrogen) atoms. The van der Waals surface area contributed by atoms with Gasteiger partial charge in [-0.1, -0.05) is 112 Å². The molecule has 0 radical (unpaired) electrons. The average Bonchev–Trinajstić information content (AvgIpc) is 3.08. The van der Waals surface area contributed by atoms with Crippen LogP contribution in [0.3, 0.4) is 0 Å². The Balaban J connectivity index is 0.000000374. The highest BCUT2D eigenvalue weighted by Gasteiger charge is 2.53. The van der Waals surface area contributed by atoms with Crippen molar-refractivity contribution in [2.24, 2.45) is 0 Å². The summed E-state index contributed by atoms with van der Waals surface area (Å²) in [7, 11) is 0. The van der Waals surface area contributed by atoms with Crippen LogP contribution in [0.5, 0.6) is 34.5 Å². The Morgan fingerprint density at radius 1 is 0.545 bits per heavy atom. The maximum absolute atomic E-state index is 10.9. The molecule has 1 spiro atoms. The van der Waals surface area contributed by atoms with Gasteiger partial charge in [0.1, 0.15) is 40.3 Å². The first-order valence-corrected chi connectivity index (χ1v) is 21.1. The van der Waals surface area contributed by atoms with E-state index in [1.807, 2.05) is 0 Å². The van der Waals surface area contributed by atoms with Crippen LogP contribution in [0.15, 0.2) is 42.5 Å². The van der Waals surface area contributed by atoms with Gasteiger partial charge in [0.05, 0.1) is 0 Å². The van der Waals surface area contributed by atoms with Crippen molar-refractivity contribution in [1.82, 2.24) is 0 Å². The summed E-state index contributed by atoms with van der Waals surface area (Å²) in [4.78, 5) is 9.44. The molecule has 0 aliphatic carbocycles. The number of hydrogen-bond donors (Lipinski definition) is 4. The number of phenols is 4. The summed E-state index contributed by atoms with van der Waals surface area (Å²) in [6.07, 6.45) is 18.3. The number of carbonyl (C=O) groups excluding carboxylic acids is 1. The van der Waals surface area contributed by atoms with Gasteiger partial charge in [-0.05, 0) is 87.3 Å². The third-order valence-corrected chi connectivity index (χ3v) is 10.8. The molecule has 0 amide bonds. The summed E-state index contributed by atoms with van der Waals surface area (Å²) in [6, 6.07) is 12.7. The molecule has 2 heterocycles. The largest absolute Gasteiger partial charge is 0.508 e. The van der Waals surface area contributed by atoms with Crippen LogP contribution in [-0.4, -0.2) is 32.0 Å². The molecule has 3 aromatic rings. The van der Waals surface area contributed by atoms with Crippen molar-refractivity contribution in [3.05, 3.63) is 70.3 Å². The zero-order valence-corrected chi connectivity index (χ0v) is 35.6. The lowest BCUT2D eigenvalue weighted by atomic mass is 9.68. The van der Waals surface area contributed by atoms with E-state index in [0.29, 0.717) is 35.8 Å². The minimum atomic E-state index is -0.850. The number of ketones is 1. The smallest absolute Gasteiger partial charge is 0.252 e. The summed E-state index contributed by atoms with van der Waals surface area (Å²) < 4.78 is 13.3. The van der Waals surface area contributed by atoms with E-state index in [9.17, 15) is 20.1 Å². The topological polar surface area (TPSA) is 116 Å². The SMILES string of the molecule is CC(C)=O.CCCCCCc1cc2c(cc1O)OC1(CC2(C)C)CC(C)(C)c2cc(CCCCCC)c(O)cc2O1.CCCCCCc1ccc(O)cc1O. The maximum atomic E-state index is 10.9. The number of unbranched alkanes of at least 4 members (excludes halogenated alkanes) is 9. The van der Waals surface area contributed by atoms with Gasteiger partial charge >= 0.3 is 0 Å². The summed E-state index contributed by atoms with van der Waals surface area (Å²) in [5.41, 5.74) is 4.85. The number of rotatable bonds is 15. The summed E-state index contributed by atoms with van der Waals surface area (Å²) >= 11 is 0. The summed E-state index contributed by atoms with van der Waals surface area (Å²) in [5, 5.41) is 40.3. The fourth-order valence-corrected chi connectivity index (χ4v) is 8.01. The van der Waals surface area contributed by atoms with Gasteiger partial charge in [-0.2, -0.15) is 0 Å². The van der Waals surface area contributed by atoms with E-state index in [4.69, 9.17) is 14.6 Å². The Hall–Kier alpha value is -3.87. The van der Waals surface area contributed by atoms with E-state index in [1.165, 1.54) is 77.7 Å². The Kier molecular flexibility index (Phi) is 17.3. The molecule has 0 aromatic heterocycles. The predicted octanol–water partition coefficient (Wildman–Crippen LogP) is 12.7. The number of hydrogen-bond acceptors (Lipinski definition) is 7. The number of Topliss-reactive ketones (excluding diaryl/α,β-unsaturated/α-hetero) is 1. The van der Waals surface area contributed by atoms with Crippen molar-refractivity contribution in [1.29, 1.82) is 0 Å². The van der Waals surface area contributed by atoms with Crippen molar-refractivity contribution in [3.8, 4) is 34.5 Å². The highest BCUT2D eigenvalue weighted by molar-refractivity contribution is 5.72. The van der Waals surface area contributed by atoms with Gasteiger partial charge in [0.15, 0.2) is 0 Å². The second-order valence-electron chi connectivity index (χ2n) is 17.3. The summed E-state index contributed by atoms with van der Waals surface area (Å²) in [6.45, 7) is 18.7. The monoisotopic (exact) mass is 761 g/mol. The average molecular weight is 761 g/mol. The minimum absolute atomic E-state index is 0.125. The number of aryl methyl sites for hydroxylation is 3. The molecule has 2 aliphatic rings. The van der Waals surface area contributed by atoms with Crippen molar-refractivity contribution in [2.45, 2.75) is 188 Å². The van der Waals surface area contributed by atoms with Gasteiger partial charge in [0.25, 0.3) is 5.79 Å². The Morgan fingerprint density at radius 2 is 0.909 bits per heavy atom. The molecule has 0 fully saturated rings. The van der Waals surface area contributed by atoms with Gasteiger partial charge < -0.3 is 34.7 Å². The van der Waals surface area contributed by atoms with E-state index < -0.39 is 5.79 Å². The third-order valence-electron chi connectivity index (χ3n) is 10.8. The number of fused-ring (bicyclic) bond motifs is 2. The fourth-order valence-electron chi connectivity index (χ4n) is 8.01. The second kappa shape index (κ2) is 20.9. The van der Waals surface area contributed by atoms with Gasteiger partial charge in [0.2, 0.25) is 0 Å². The van der Waals surface area contributed by atoms with Crippen molar-refractivity contribution in [3.63, 3.8) is 0 Å². The number of ether oxygens (including phenoxy) is 2. The normalized spacial score (nSPS) is 15.6. The quantitative estimate of drug-likeness (QED) is 0.114. The standard InChI is InChI=1S/C33H48O4.C12H18O2.C3H6O/c1-7-9-11-13-15-23-17-25-29(19-27(23)34)36-33(21-31(25,3)4)22-32(5,6)26-18-24(16-14-12-10-8-2)28(35)20-30(26)37-33;1-2-3-4-5-6-10-7-8-11(13)9-12(10)14;1-3(2)4/h17-20,34-35H,7-16,21-22H2,1-6H3;7-9,13-14H,2-6H2,1H3;1-2H3. The van der Waals surface area contributed by atoms with Crippen molar-refractivity contribution in [2.75, 3.05) is 0 Å². The Morgan fingerprint density at radius 3 is 1.27 bits per heavy atom. The van der Waals surface area contributed by atoms with Crippen LogP contribution in [0, 0.1) is 0 Å². The van der Waals surface area contributed by atoms with Gasteiger partial charge in [-0.15, -0.1) is 0 Å². The molecule has 0 unspecified atom stereocenters.